The molecule has 1 N–H and O–H groups in total. The molecule has 3 heterocycles. The number of aliphatic hydroxyl groups is 1. The van der Waals surface area contributed by atoms with E-state index in [1.807, 2.05) is 18.2 Å². The molecular weight excluding hydrogens is 260 g/mol. The summed E-state index contributed by atoms with van der Waals surface area (Å²) in [5, 5.41) is 19.9. The van der Waals surface area contributed by atoms with Crippen LogP contribution in [-0.2, 0) is 5.60 Å². The summed E-state index contributed by atoms with van der Waals surface area (Å²) in [5.74, 6) is 0. The molecule has 2 fully saturated rings. The maximum Gasteiger partial charge on any atom is 0.135 e. The first kappa shape index (κ1) is 11.7. The highest BCUT2D eigenvalue weighted by atomic mass is 32.2. The largest absolute Gasteiger partial charge is 0.385 e. The van der Waals surface area contributed by atoms with E-state index in [4.69, 9.17) is 4.63 Å². The number of benzene rings is 1. The van der Waals surface area contributed by atoms with Crippen LogP contribution in [0.4, 0.5) is 0 Å². The molecule has 2 atom stereocenters. The summed E-state index contributed by atoms with van der Waals surface area (Å²) in [5.41, 5.74) is 1.74. The second kappa shape index (κ2) is 4.21. The minimum atomic E-state index is -0.700. The van der Waals surface area contributed by atoms with Crippen molar-refractivity contribution < 1.29 is 9.74 Å². The van der Waals surface area contributed by atoms with Gasteiger partial charge in [-0.05, 0) is 53.7 Å². The highest BCUT2D eigenvalue weighted by Crippen LogP contribution is 2.49. The molecule has 4 rings (SSSR count). The third kappa shape index (κ3) is 1.96. The van der Waals surface area contributed by atoms with Gasteiger partial charge in [0, 0.05) is 10.5 Å². The Kier molecular flexibility index (Phi) is 2.60. The lowest BCUT2D eigenvalue weighted by atomic mass is 9.80. The number of aromatic nitrogens is 2. The molecule has 5 heteroatoms. The van der Waals surface area contributed by atoms with E-state index in [2.05, 4.69) is 22.1 Å². The zero-order valence-corrected chi connectivity index (χ0v) is 11.4. The zero-order chi connectivity index (χ0) is 12.9. The number of hydrogen-bond acceptors (Lipinski definition) is 5. The third-order valence-corrected chi connectivity index (χ3v) is 5.93. The molecular formula is C14H16N2O2S. The zero-order valence-electron chi connectivity index (χ0n) is 10.6. The minimum absolute atomic E-state index is 0.601. The normalized spacial score (nSPS) is 34.6. The maximum atomic E-state index is 11.1. The van der Waals surface area contributed by atoms with Gasteiger partial charge in [0.2, 0.25) is 0 Å². The van der Waals surface area contributed by atoms with Crippen LogP contribution in [0.15, 0.2) is 22.8 Å². The SMILES string of the molecule is OC1(c2ccc3nonc3c2)CC2CCCC(C1)S2. The van der Waals surface area contributed by atoms with Gasteiger partial charge in [0.1, 0.15) is 11.0 Å². The molecule has 1 aromatic carbocycles. The van der Waals surface area contributed by atoms with Crippen LogP contribution in [0.2, 0.25) is 0 Å². The fourth-order valence-corrected chi connectivity index (χ4v) is 5.32. The van der Waals surface area contributed by atoms with Crippen LogP contribution in [0.1, 0.15) is 37.7 Å². The van der Waals surface area contributed by atoms with Crippen molar-refractivity contribution in [3.63, 3.8) is 0 Å². The Balaban J connectivity index is 1.72. The first-order valence-electron chi connectivity index (χ1n) is 6.84. The Hall–Kier alpha value is -1.07. The summed E-state index contributed by atoms with van der Waals surface area (Å²) in [4.78, 5) is 0. The van der Waals surface area contributed by atoms with Crippen molar-refractivity contribution in [1.29, 1.82) is 0 Å². The van der Waals surface area contributed by atoms with Crippen LogP contribution >= 0.6 is 11.8 Å². The van der Waals surface area contributed by atoms with Gasteiger partial charge in [-0.1, -0.05) is 12.5 Å². The van der Waals surface area contributed by atoms with Crippen molar-refractivity contribution in [2.24, 2.45) is 0 Å². The van der Waals surface area contributed by atoms with E-state index >= 15 is 0 Å². The summed E-state index contributed by atoms with van der Waals surface area (Å²) in [6, 6.07) is 5.78. The average molecular weight is 276 g/mol. The topological polar surface area (TPSA) is 59.2 Å². The van der Waals surface area contributed by atoms with E-state index in [-0.39, 0.29) is 0 Å². The highest BCUT2D eigenvalue weighted by molar-refractivity contribution is 8.00. The summed E-state index contributed by atoms with van der Waals surface area (Å²) in [6.07, 6.45) is 5.48. The standard InChI is InChI=1S/C14H16N2O2S/c17-14(7-10-2-1-3-11(8-14)19-10)9-4-5-12-13(6-9)16-18-15-12/h4-6,10-11,17H,1-3,7-8H2. The first-order chi connectivity index (χ1) is 9.23. The highest BCUT2D eigenvalue weighted by Gasteiger charge is 2.42. The fraction of sp³-hybridized carbons (Fsp3) is 0.571. The molecule has 2 aliphatic heterocycles. The van der Waals surface area contributed by atoms with Crippen LogP contribution < -0.4 is 0 Å². The molecule has 2 bridgehead atoms. The van der Waals surface area contributed by atoms with Crippen molar-refractivity contribution in [3.8, 4) is 0 Å². The van der Waals surface area contributed by atoms with Crippen molar-refractivity contribution >= 4 is 22.8 Å². The van der Waals surface area contributed by atoms with Gasteiger partial charge >= 0.3 is 0 Å². The Morgan fingerprint density at radius 1 is 1.16 bits per heavy atom. The molecule has 2 aliphatic rings. The van der Waals surface area contributed by atoms with Crippen LogP contribution in [0.25, 0.3) is 11.0 Å². The quantitative estimate of drug-likeness (QED) is 0.868. The maximum absolute atomic E-state index is 11.1. The van der Waals surface area contributed by atoms with Crippen LogP contribution in [0.3, 0.4) is 0 Å². The Morgan fingerprint density at radius 2 is 1.89 bits per heavy atom. The Bertz CT molecular complexity index is 600. The van der Waals surface area contributed by atoms with E-state index in [1.165, 1.54) is 19.3 Å². The fourth-order valence-electron chi connectivity index (χ4n) is 3.43. The summed E-state index contributed by atoms with van der Waals surface area (Å²) in [6.45, 7) is 0. The van der Waals surface area contributed by atoms with Gasteiger partial charge in [-0.2, -0.15) is 11.8 Å². The number of thioether (sulfide) groups is 1. The minimum Gasteiger partial charge on any atom is -0.385 e. The van der Waals surface area contributed by atoms with Gasteiger partial charge in [0.15, 0.2) is 0 Å². The van der Waals surface area contributed by atoms with E-state index < -0.39 is 5.60 Å². The van der Waals surface area contributed by atoms with Crippen molar-refractivity contribution in [2.45, 2.75) is 48.2 Å². The van der Waals surface area contributed by atoms with Crippen molar-refractivity contribution in [3.05, 3.63) is 23.8 Å². The average Bonchev–Trinajstić information content (AvgIpc) is 2.85. The molecule has 100 valence electrons. The first-order valence-corrected chi connectivity index (χ1v) is 7.78. The van der Waals surface area contributed by atoms with Gasteiger partial charge < -0.3 is 5.11 Å². The third-order valence-electron chi connectivity index (χ3n) is 4.36. The van der Waals surface area contributed by atoms with Crippen molar-refractivity contribution in [2.75, 3.05) is 0 Å². The summed E-state index contributed by atoms with van der Waals surface area (Å²) in [7, 11) is 0. The van der Waals surface area contributed by atoms with E-state index in [0.717, 1.165) is 29.4 Å². The van der Waals surface area contributed by atoms with Gasteiger partial charge in [-0.3, -0.25) is 0 Å². The molecule has 4 nitrogen and oxygen atoms in total. The molecule has 19 heavy (non-hydrogen) atoms. The summed E-state index contributed by atoms with van der Waals surface area (Å²) < 4.78 is 4.73. The number of nitrogens with zero attached hydrogens (tertiary/aromatic N) is 2. The predicted molar refractivity (Wildman–Crippen MR) is 74.0 cm³/mol. The van der Waals surface area contributed by atoms with Gasteiger partial charge in [0.05, 0.1) is 5.60 Å². The molecule has 2 aromatic rings. The molecule has 2 unspecified atom stereocenters. The van der Waals surface area contributed by atoms with Crippen LogP contribution in [0, 0.1) is 0 Å². The summed E-state index contributed by atoms with van der Waals surface area (Å²) >= 11 is 2.07. The van der Waals surface area contributed by atoms with Crippen LogP contribution in [-0.4, -0.2) is 25.9 Å². The second-order valence-corrected chi connectivity index (χ2v) is 7.32. The molecule has 0 spiro atoms. The lowest BCUT2D eigenvalue weighted by Gasteiger charge is -2.44. The van der Waals surface area contributed by atoms with E-state index in [1.54, 1.807) is 0 Å². The monoisotopic (exact) mass is 276 g/mol. The molecule has 0 aliphatic carbocycles. The number of rotatable bonds is 1. The smallest absolute Gasteiger partial charge is 0.135 e. The number of fused-ring (bicyclic) bond motifs is 3. The molecule has 0 radical (unpaired) electrons. The molecule has 0 saturated carbocycles. The Labute approximate surface area is 115 Å². The van der Waals surface area contributed by atoms with Gasteiger partial charge in [-0.25, -0.2) is 4.63 Å². The molecule has 0 amide bonds. The predicted octanol–water partition coefficient (Wildman–Crippen LogP) is 2.86. The second-order valence-electron chi connectivity index (χ2n) is 5.72. The van der Waals surface area contributed by atoms with Gasteiger partial charge in [-0.15, -0.1) is 0 Å². The van der Waals surface area contributed by atoms with Gasteiger partial charge in [0.25, 0.3) is 0 Å². The van der Waals surface area contributed by atoms with Crippen LogP contribution in [0.5, 0.6) is 0 Å². The Morgan fingerprint density at radius 3 is 2.68 bits per heavy atom. The number of hydrogen-bond donors (Lipinski definition) is 1. The van der Waals surface area contributed by atoms with E-state index in [0.29, 0.717) is 10.5 Å². The lowest BCUT2D eigenvalue weighted by Crippen LogP contribution is -2.40. The molecule has 1 aromatic heterocycles. The van der Waals surface area contributed by atoms with Crippen molar-refractivity contribution in [1.82, 2.24) is 10.3 Å². The lowest BCUT2D eigenvalue weighted by molar-refractivity contribution is 0.00823. The van der Waals surface area contributed by atoms with E-state index in [9.17, 15) is 5.11 Å². The molecule has 2 saturated heterocycles.